The molecule has 9 heteroatoms. The summed E-state index contributed by atoms with van der Waals surface area (Å²) in [5.74, 6) is 1.20. The van der Waals surface area contributed by atoms with Gasteiger partial charge in [-0.2, -0.15) is 24.7 Å². The third-order valence-corrected chi connectivity index (χ3v) is 3.58. The zero-order chi connectivity index (χ0) is 14.7. The van der Waals surface area contributed by atoms with Gasteiger partial charge in [0.15, 0.2) is 0 Å². The van der Waals surface area contributed by atoms with E-state index in [0.29, 0.717) is 24.4 Å². The van der Waals surface area contributed by atoms with E-state index in [1.165, 1.54) is 17.3 Å². The van der Waals surface area contributed by atoms with Crippen molar-refractivity contribution in [2.45, 2.75) is 31.3 Å². The summed E-state index contributed by atoms with van der Waals surface area (Å²) in [6, 6.07) is 0. The molecule has 3 rings (SSSR count). The molecule has 112 valence electrons. The molecule has 3 N–H and O–H groups in total. The van der Waals surface area contributed by atoms with Crippen LogP contribution in [0.4, 0.5) is 11.9 Å². The molecule has 0 saturated heterocycles. The van der Waals surface area contributed by atoms with Gasteiger partial charge in [-0.15, -0.1) is 0 Å². The second-order valence-corrected chi connectivity index (χ2v) is 5.16. The smallest absolute Gasteiger partial charge is 0.258 e. The normalized spacial score (nSPS) is 16.9. The Morgan fingerprint density at radius 2 is 2.00 bits per heavy atom. The minimum atomic E-state index is -0.667. The fraction of sp³-hybridized carbons (Fsp3) is 0.583. The van der Waals surface area contributed by atoms with Crippen LogP contribution in [0.2, 0.25) is 0 Å². The molecule has 9 nitrogen and oxygen atoms in total. The summed E-state index contributed by atoms with van der Waals surface area (Å²) in [6.45, 7) is 0.428. The summed E-state index contributed by atoms with van der Waals surface area (Å²) < 4.78 is 1.46. The van der Waals surface area contributed by atoms with Crippen molar-refractivity contribution in [3.05, 3.63) is 12.7 Å². The average molecular weight is 290 g/mol. The van der Waals surface area contributed by atoms with E-state index in [2.05, 4.69) is 35.7 Å². The fourth-order valence-corrected chi connectivity index (χ4v) is 2.42. The lowest BCUT2D eigenvalue weighted by atomic mass is 10.0. The summed E-state index contributed by atoms with van der Waals surface area (Å²) >= 11 is 0. The molecule has 0 spiro atoms. The number of hydrogen-bond acceptors (Lipinski definition) is 8. The van der Waals surface area contributed by atoms with Gasteiger partial charge in [0, 0.05) is 13.6 Å². The predicted molar refractivity (Wildman–Crippen MR) is 76.2 cm³/mol. The summed E-state index contributed by atoms with van der Waals surface area (Å²) in [5, 5.41) is 20.3. The molecule has 2 aromatic heterocycles. The van der Waals surface area contributed by atoms with E-state index in [0.717, 1.165) is 25.7 Å². The Morgan fingerprint density at radius 3 is 2.67 bits per heavy atom. The molecule has 2 aromatic rings. The van der Waals surface area contributed by atoms with Crippen LogP contribution in [0.15, 0.2) is 12.7 Å². The van der Waals surface area contributed by atoms with Crippen molar-refractivity contribution in [3.8, 4) is 5.95 Å². The van der Waals surface area contributed by atoms with Crippen molar-refractivity contribution in [1.29, 1.82) is 0 Å². The van der Waals surface area contributed by atoms with Crippen molar-refractivity contribution >= 4 is 11.9 Å². The summed E-state index contributed by atoms with van der Waals surface area (Å²) in [7, 11) is 1.73. The van der Waals surface area contributed by atoms with E-state index in [1.54, 1.807) is 7.05 Å². The van der Waals surface area contributed by atoms with E-state index in [9.17, 15) is 5.11 Å². The van der Waals surface area contributed by atoms with Crippen molar-refractivity contribution < 1.29 is 5.11 Å². The molecule has 1 saturated carbocycles. The fourth-order valence-electron chi connectivity index (χ4n) is 2.42. The molecule has 0 amide bonds. The zero-order valence-corrected chi connectivity index (χ0v) is 11.8. The lowest BCUT2D eigenvalue weighted by Gasteiger charge is -2.22. The van der Waals surface area contributed by atoms with Crippen LogP contribution in [-0.4, -0.2) is 54.0 Å². The Morgan fingerprint density at radius 1 is 1.24 bits per heavy atom. The van der Waals surface area contributed by atoms with Crippen LogP contribution in [0, 0.1) is 0 Å². The van der Waals surface area contributed by atoms with Crippen LogP contribution >= 0.6 is 0 Å². The highest BCUT2D eigenvalue weighted by Gasteiger charge is 2.31. The Kier molecular flexibility index (Phi) is 3.65. The number of nitrogens with zero attached hydrogens (tertiary/aromatic N) is 6. The van der Waals surface area contributed by atoms with E-state index >= 15 is 0 Å². The largest absolute Gasteiger partial charge is 0.388 e. The first-order chi connectivity index (χ1) is 10.2. The minimum absolute atomic E-state index is 0.368. The Balaban J connectivity index is 1.79. The van der Waals surface area contributed by atoms with E-state index in [1.807, 2.05) is 0 Å². The third-order valence-electron chi connectivity index (χ3n) is 3.58. The highest BCUT2D eigenvalue weighted by molar-refractivity contribution is 5.37. The van der Waals surface area contributed by atoms with Crippen molar-refractivity contribution in [2.24, 2.45) is 0 Å². The molecular formula is C12H18N8O. The highest BCUT2D eigenvalue weighted by atomic mass is 16.3. The lowest BCUT2D eigenvalue weighted by molar-refractivity contribution is 0.0613. The van der Waals surface area contributed by atoms with Gasteiger partial charge >= 0.3 is 0 Å². The van der Waals surface area contributed by atoms with Crippen LogP contribution in [-0.2, 0) is 0 Å². The lowest BCUT2D eigenvalue weighted by Crippen LogP contribution is -2.34. The average Bonchev–Trinajstić information content (AvgIpc) is 3.17. The van der Waals surface area contributed by atoms with E-state index < -0.39 is 5.60 Å². The van der Waals surface area contributed by atoms with Gasteiger partial charge in [-0.05, 0) is 12.8 Å². The summed E-state index contributed by atoms with van der Waals surface area (Å²) in [4.78, 5) is 16.6. The maximum atomic E-state index is 10.4. The van der Waals surface area contributed by atoms with E-state index in [4.69, 9.17) is 0 Å². The Bertz CT molecular complexity index is 593. The van der Waals surface area contributed by atoms with Crippen LogP contribution < -0.4 is 10.6 Å². The molecule has 21 heavy (non-hydrogen) atoms. The van der Waals surface area contributed by atoms with Gasteiger partial charge in [-0.25, -0.2) is 4.98 Å². The van der Waals surface area contributed by atoms with Crippen LogP contribution in [0.3, 0.4) is 0 Å². The first-order valence-electron chi connectivity index (χ1n) is 6.94. The molecule has 2 heterocycles. The van der Waals surface area contributed by atoms with E-state index in [-0.39, 0.29) is 0 Å². The molecule has 1 aliphatic rings. The number of rotatable bonds is 5. The van der Waals surface area contributed by atoms with Gasteiger partial charge in [0.25, 0.3) is 5.95 Å². The van der Waals surface area contributed by atoms with Crippen molar-refractivity contribution in [1.82, 2.24) is 29.7 Å². The van der Waals surface area contributed by atoms with Gasteiger partial charge < -0.3 is 15.7 Å². The number of aromatic nitrogens is 6. The number of nitrogens with one attached hydrogen (secondary N) is 2. The topological polar surface area (TPSA) is 114 Å². The van der Waals surface area contributed by atoms with Crippen molar-refractivity contribution in [2.75, 3.05) is 24.2 Å². The van der Waals surface area contributed by atoms with Gasteiger partial charge in [-0.3, -0.25) is 0 Å². The van der Waals surface area contributed by atoms with Crippen LogP contribution in [0.25, 0.3) is 5.95 Å². The molecule has 0 unspecified atom stereocenters. The number of aliphatic hydroxyl groups is 1. The Hall–Kier alpha value is -2.29. The monoisotopic (exact) mass is 290 g/mol. The highest BCUT2D eigenvalue weighted by Crippen LogP contribution is 2.29. The first kappa shape index (κ1) is 13.7. The molecule has 0 radical (unpaired) electrons. The molecular weight excluding hydrogens is 272 g/mol. The first-order valence-corrected chi connectivity index (χ1v) is 6.94. The SMILES string of the molecule is CNc1nc(NCC2(O)CCCC2)nc(-n2cncn2)n1. The summed E-state index contributed by atoms with van der Waals surface area (Å²) in [6.07, 6.45) is 6.66. The predicted octanol–water partition coefficient (Wildman–Crippen LogP) is 0.211. The second-order valence-electron chi connectivity index (χ2n) is 5.16. The Labute approximate surface area is 121 Å². The zero-order valence-electron chi connectivity index (χ0n) is 11.8. The molecule has 0 atom stereocenters. The van der Waals surface area contributed by atoms with Gasteiger partial charge in [-0.1, -0.05) is 12.8 Å². The maximum absolute atomic E-state index is 10.4. The molecule has 0 aromatic carbocycles. The number of hydrogen-bond donors (Lipinski definition) is 3. The van der Waals surface area contributed by atoms with Gasteiger partial charge in [0.1, 0.15) is 12.7 Å². The number of anilines is 2. The quantitative estimate of drug-likeness (QED) is 0.716. The van der Waals surface area contributed by atoms with Crippen LogP contribution in [0.5, 0.6) is 0 Å². The molecule has 0 bridgehead atoms. The second kappa shape index (κ2) is 5.60. The molecule has 0 aliphatic heterocycles. The molecule has 1 fully saturated rings. The standard InChI is InChI=1S/C12H18N8O/c1-13-9-17-10(15-6-12(21)4-2-3-5-12)19-11(18-9)20-8-14-7-16-20/h7-8,21H,2-6H2,1H3,(H2,13,15,17,18,19). The van der Waals surface area contributed by atoms with Crippen LogP contribution in [0.1, 0.15) is 25.7 Å². The molecule has 1 aliphatic carbocycles. The third kappa shape index (κ3) is 3.07. The maximum Gasteiger partial charge on any atom is 0.258 e. The van der Waals surface area contributed by atoms with Gasteiger partial charge in [0.05, 0.1) is 5.60 Å². The van der Waals surface area contributed by atoms with Gasteiger partial charge in [0.2, 0.25) is 11.9 Å². The van der Waals surface area contributed by atoms with Crippen molar-refractivity contribution in [3.63, 3.8) is 0 Å². The summed E-state index contributed by atoms with van der Waals surface area (Å²) in [5.41, 5.74) is -0.667. The minimum Gasteiger partial charge on any atom is -0.388 e.